The van der Waals surface area contributed by atoms with Crippen LogP contribution in [0.3, 0.4) is 0 Å². The normalized spacial score (nSPS) is 13.2. The third-order valence-electron chi connectivity index (χ3n) is 9.93. The molecule has 4 heteroatoms. The molecule has 0 aromatic heterocycles. The number of rotatable bonds is 39. The summed E-state index contributed by atoms with van der Waals surface area (Å²) in [5.74, 6) is -0.0631. The summed E-state index contributed by atoms with van der Waals surface area (Å²) in [5.41, 5.74) is 0. The lowest BCUT2D eigenvalue weighted by Gasteiger charge is -2.20. The fraction of sp³-hybridized carbons (Fsp3) is 0.886. The van der Waals surface area contributed by atoms with E-state index in [1.54, 1.807) is 6.08 Å². The Labute approximate surface area is 300 Å². The van der Waals surface area contributed by atoms with Crippen LogP contribution in [-0.4, -0.2) is 34.9 Å². The number of aliphatic hydroxyl groups is 2. The standard InChI is InChI=1S/C44H85NO3/c1-3-5-7-9-11-13-15-17-18-19-20-21-22-23-24-25-26-28-30-32-34-36-38-40-44(48)45-42(41-46)43(47)39-37-35-33-31-29-27-16-14-12-10-8-6-4-2/h17-18,37,39,42-43,46-47H,3-16,19-36,38,40-41H2,1-2H3,(H,45,48). The Balaban J connectivity index is 3.52. The molecule has 2 unspecified atom stereocenters. The minimum absolute atomic E-state index is 0.0631. The Bertz CT molecular complexity index is 691. The van der Waals surface area contributed by atoms with E-state index < -0.39 is 12.1 Å². The van der Waals surface area contributed by atoms with Crippen LogP contribution in [0.25, 0.3) is 0 Å². The zero-order valence-electron chi connectivity index (χ0n) is 32.5. The first-order valence-corrected chi connectivity index (χ1v) is 21.6. The van der Waals surface area contributed by atoms with Gasteiger partial charge in [-0.3, -0.25) is 4.79 Å². The van der Waals surface area contributed by atoms with Crippen molar-refractivity contribution in [1.82, 2.24) is 5.32 Å². The first-order valence-electron chi connectivity index (χ1n) is 21.6. The Morgan fingerprint density at radius 1 is 0.479 bits per heavy atom. The van der Waals surface area contributed by atoms with Crippen molar-refractivity contribution >= 4 is 5.91 Å². The molecule has 0 saturated carbocycles. The zero-order chi connectivity index (χ0) is 35.0. The first kappa shape index (κ1) is 46.9. The molecule has 0 aliphatic heterocycles. The van der Waals surface area contributed by atoms with Crippen molar-refractivity contribution < 1.29 is 15.0 Å². The summed E-state index contributed by atoms with van der Waals surface area (Å²) >= 11 is 0. The zero-order valence-corrected chi connectivity index (χ0v) is 32.5. The van der Waals surface area contributed by atoms with Gasteiger partial charge in [-0.2, -0.15) is 0 Å². The summed E-state index contributed by atoms with van der Waals surface area (Å²) in [4.78, 5) is 12.4. The lowest BCUT2D eigenvalue weighted by Crippen LogP contribution is -2.45. The van der Waals surface area contributed by atoms with Crippen molar-refractivity contribution in [2.24, 2.45) is 0 Å². The van der Waals surface area contributed by atoms with Crippen molar-refractivity contribution in [3.63, 3.8) is 0 Å². The van der Waals surface area contributed by atoms with E-state index in [2.05, 4.69) is 31.3 Å². The van der Waals surface area contributed by atoms with Crippen molar-refractivity contribution in [1.29, 1.82) is 0 Å². The SMILES string of the molecule is CCCCCCCCC=CCCCCCCCCCCCCCCCC(=O)NC(CO)C(O)C=CCCCCCCCCCCCCC. The number of amides is 1. The van der Waals surface area contributed by atoms with Crippen LogP contribution in [0.5, 0.6) is 0 Å². The van der Waals surface area contributed by atoms with E-state index in [4.69, 9.17) is 0 Å². The van der Waals surface area contributed by atoms with Gasteiger partial charge in [0.05, 0.1) is 18.8 Å². The number of nitrogens with one attached hydrogen (secondary N) is 1. The largest absolute Gasteiger partial charge is 0.394 e. The van der Waals surface area contributed by atoms with Crippen LogP contribution in [0.1, 0.15) is 232 Å². The van der Waals surface area contributed by atoms with Crippen LogP contribution in [0.15, 0.2) is 24.3 Å². The molecule has 4 nitrogen and oxygen atoms in total. The number of carbonyl (C=O) groups excluding carboxylic acids is 1. The Kier molecular flexibility index (Phi) is 39.4. The Morgan fingerprint density at radius 3 is 1.15 bits per heavy atom. The van der Waals surface area contributed by atoms with E-state index in [-0.39, 0.29) is 12.5 Å². The van der Waals surface area contributed by atoms with Gasteiger partial charge in [-0.1, -0.05) is 205 Å². The minimum Gasteiger partial charge on any atom is -0.394 e. The molecule has 0 fully saturated rings. The van der Waals surface area contributed by atoms with E-state index >= 15 is 0 Å². The van der Waals surface area contributed by atoms with Gasteiger partial charge in [0, 0.05) is 6.42 Å². The molecule has 1 amide bonds. The van der Waals surface area contributed by atoms with Gasteiger partial charge in [-0.15, -0.1) is 0 Å². The number of unbranched alkanes of at least 4 members (excludes halogenated alkanes) is 30. The highest BCUT2D eigenvalue weighted by molar-refractivity contribution is 5.76. The fourth-order valence-electron chi connectivity index (χ4n) is 6.58. The highest BCUT2D eigenvalue weighted by atomic mass is 16.3. The number of allylic oxidation sites excluding steroid dienone is 3. The summed E-state index contributed by atoms with van der Waals surface area (Å²) in [6.07, 6.45) is 51.4. The molecule has 0 bridgehead atoms. The fourth-order valence-corrected chi connectivity index (χ4v) is 6.58. The predicted octanol–water partition coefficient (Wildman–Crippen LogP) is 13.2. The van der Waals surface area contributed by atoms with E-state index in [1.165, 1.54) is 186 Å². The Morgan fingerprint density at radius 2 is 0.792 bits per heavy atom. The van der Waals surface area contributed by atoms with Crippen LogP contribution >= 0.6 is 0 Å². The quantitative estimate of drug-likeness (QED) is 0.0448. The van der Waals surface area contributed by atoms with E-state index in [9.17, 15) is 15.0 Å². The van der Waals surface area contributed by atoms with Crippen molar-refractivity contribution in [2.75, 3.05) is 6.61 Å². The number of hydrogen-bond donors (Lipinski definition) is 3. The second kappa shape index (κ2) is 40.3. The molecular formula is C44H85NO3. The molecule has 2 atom stereocenters. The molecule has 0 saturated heterocycles. The maximum atomic E-state index is 12.4. The van der Waals surface area contributed by atoms with Gasteiger partial charge < -0.3 is 15.5 Å². The summed E-state index contributed by atoms with van der Waals surface area (Å²) in [7, 11) is 0. The van der Waals surface area contributed by atoms with Crippen molar-refractivity contribution in [3.05, 3.63) is 24.3 Å². The lowest BCUT2D eigenvalue weighted by atomic mass is 10.0. The van der Waals surface area contributed by atoms with Crippen molar-refractivity contribution in [3.8, 4) is 0 Å². The third kappa shape index (κ3) is 36.2. The van der Waals surface area contributed by atoms with Crippen LogP contribution in [0, 0.1) is 0 Å². The van der Waals surface area contributed by atoms with Gasteiger partial charge >= 0.3 is 0 Å². The van der Waals surface area contributed by atoms with Crippen LogP contribution in [0.2, 0.25) is 0 Å². The second-order valence-corrected chi connectivity index (χ2v) is 14.8. The maximum absolute atomic E-state index is 12.4. The van der Waals surface area contributed by atoms with Gasteiger partial charge in [0.2, 0.25) is 5.91 Å². The number of aliphatic hydroxyl groups excluding tert-OH is 2. The summed E-state index contributed by atoms with van der Waals surface area (Å²) in [5, 5.41) is 23.0. The number of hydrogen-bond acceptors (Lipinski definition) is 3. The molecular weight excluding hydrogens is 590 g/mol. The molecule has 284 valence electrons. The highest BCUT2D eigenvalue weighted by Gasteiger charge is 2.17. The molecule has 0 aromatic carbocycles. The summed E-state index contributed by atoms with van der Waals surface area (Å²) in [6, 6.07) is -0.618. The smallest absolute Gasteiger partial charge is 0.220 e. The third-order valence-corrected chi connectivity index (χ3v) is 9.93. The van der Waals surface area contributed by atoms with E-state index in [0.29, 0.717) is 6.42 Å². The van der Waals surface area contributed by atoms with Gasteiger partial charge in [-0.25, -0.2) is 0 Å². The summed E-state index contributed by atoms with van der Waals surface area (Å²) < 4.78 is 0. The molecule has 0 heterocycles. The maximum Gasteiger partial charge on any atom is 0.220 e. The molecule has 0 radical (unpaired) electrons. The molecule has 0 aromatic rings. The monoisotopic (exact) mass is 676 g/mol. The van der Waals surface area contributed by atoms with Gasteiger partial charge in [0.25, 0.3) is 0 Å². The van der Waals surface area contributed by atoms with E-state index in [0.717, 1.165) is 25.7 Å². The highest BCUT2D eigenvalue weighted by Crippen LogP contribution is 2.15. The van der Waals surface area contributed by atoms with Crippen LogP contribution in [0.4, 0.5) is 0 Å². The molecule has 48 heavy (non-hydrogen) atoms. The van der Waals surface area contributed by atoms with Gasteiger partial charge in [0.1, 0.15) is 0 Å². The minimum atomic E-state index is -0.835. The van der Waals surface area contributed by atoms with Crippen molar-refractivity contribution in [2.45, 2.75) is 244 Å². The van der Waals surface area contributed by atoms with Gasteiger partial charge in [0.15, 0.2) is 0 Å². The van der Waals surface area contributed by atoms with Crippen LogP contribution < -0.4 is 5.32 Å². The molecule has 0 rings (SSSR count). The number of carbonyl (C=O) groups is 1. The first-order chi connectivity index (χ1) is 23.7. The molecule has 3 N–H and O–H groups in total. The molecule has 0 aliphatic rings. The molecule has 0 spiro atoms. The average Bonchev–Trinajstić information content (AvgIpc) is 3.09. The summed E-state index contributed by atoms with van der Waals surface area (Å²) in [6.45, 7) is 4.31. The second-order valence-electron chi connectivity index (χ2n) is 14.8. The molecule has 0 aliphatic carbocycles. The van der Waals surface area contributed by atoms with Gasteiger partial charge in [-0.05, 0) is 44.9 Å². The van der Waals surface area contributed by atoms with E-state index in [1.807, 2.05) is 6.08 Å². The topological polar surface area (TPSA) is 69.6 Å². The average molecular weight is 676 g/mol. The van der Waals surface area contributed by atoms with Crippen LogP contribution in [-0.2, 0) is 4.79 Å². The predicted molar refractivity (Wildman–Crippen MR) is 212 cm³/mol. The lowest BCUT2D eigenvalue weighted by molar-refractivity contribution is -0.123. The Hall–Kier alpha value is -1.13.